The molecule has 0 heterocycles. The Morgan fingerprint density at radius 3 is 2.30 bits per heavy atom. The second-order valence-electron chi connectivity index (χ2n) is 4.71. The Labute approximate surface area is 64.0 Å². The van der Waals surface area contributed by atoms with Crippen LogP contribution in [0.4, 0.5) is 0 Å². The molecule has 0 amide bonds. The topological polar surface area (TPSA) is 0 Å². The molecule has 2 rings (SSSR count). The molecule has 1 unspecified atom stereocenters. The van der Waals surface area contributed by atoms with E-state index in [4.69, 9.17) is 0 Å². The summed E-state index contributed by atoms with van der Waals surface area (Å²) in [6, 6.07) is 0. The minimum Gasteiger partial charge on any atom is -0.0622 e. The Bertz CT molecular complexity index is 148. The van der Waals surface area contributed by atoms with Crippen LogP contribution in [0.25, 0.3) is 0 Å². The Hall–Kier alpha value is 0. The maximum absolute atomic E-state index is 2.43. The number of rotatable bonds is 1. The van der Waals surface area contributed by atoms with Crippen molar-refractivity contribution in [1.82, 2.24) is 0 Å². The Morgan fingerprint density at radius 1 is 1.40 bits per heavy atom. The first-order valence-electron chi connectivity index (χ1n) is 4.67. The fourth-order valence-electron chi connectivity index (χ4n) is 3.06. The summed E-state index contributed by atoms with van der Waals surface area (Å²) in [4.78, 5) is 0. The third-order valence-electron chi connectivity index (χ3n) is 4.08. The summed E-state index contributed by atoms with van der Waals surface area (Å²) in [5.41, 5.74) is 0.833. The number of fused-ring (bicyclic) bond motifs is 1. The zero-order chi connectivity index (χ0) is 7.35. The normalized spacial score (nSPS) is 51.6. The first kappa shape index (κ1) is 6.69. The quantitative estimate of drug-likeness (QED) is 0.522. The van der Waals surface area contributed by atoms with Crippen LogP contribution in [-0.4, -0.2) is 0 Å². The lowest BCUT2D eigenvalue weighted by Gasteiger charge is -2.15. The van der Waals surface area contributed by atoms with Crippen molar-refractivity contribution < 1.29 is 0 Å². The molecule has 58 valence electrons. The summed E-state index contributed by atoms with van der Waals surface area (Å²) in [5.74, 6) is 3.11. The van der Waals surface area contributed by atoms with Crippen LogP contribution < -0.4 is 0 Å². The van der Waals surface area contributed by atoms with Gasteiger partial charge in [-0.3, -0.25) is 0 Å². The summed E-state index contributed by atoms with van der Waals surface area (Å²) in [6.07, 6.45) is 4.57. The molecule has 0 aromatic carbocycles. The first-order valence-corrected chi connectivity index (χ1v) is 4.67. The summed E-state index contributed by atoms with van der Waals surface area (Å²) in [5, 5.41) is 0. The molecular weight excluding hydrogens is 120 g/mol. The first-order chi connectivity index (χ1) is 4.67. The van der Waals surface area contributed by atoms with Crippen LogP contribution in [0.1, 0.15) is 40.0 Å². The fraction of sp³-hybridized carbons (Fsp3) is 1.00. The average Bonchev–Trinajstić information content (AvgIpc) is 2.52. The van der Waals surface area contributed by atoms with E-state index < -0.39 is 0 Å². The molecule has 0 N–H and O–H groups in total. The summed E-state index contributed by atoms with van der Waals surface area (Å²) in [7, 11) is 0. The molecule has 10 heavy (non-hydrogen) atoms. The molecule has 0 aliphatic heterocycles. The molecule has 0 saturated heterocycles. The van der Waals surface area contributed by atoms with Crippen LogP contribution in [0.15, 0.2) is 0 Å². The Balaban J connectivity index is 2.11. The molecule has 0 nitrogen and oxygen atoms in total. The summed E-state index contributed by atoms with van der Waals surface area (Å²) < 4.78 is 0. The molecule has 0 aromatic rings. The Morgan fingerprint density at radius 2 is 2.10 bits per heavy atom. The van der Waals surface area contributed by atoms with Gasteiger partial charge in [-0.15, -0.1) is 0 Å². The van der Waals surface area contributed by atoms with Crippen molar-refractivity contribution in [1.29, 1.82) is 0 Å². The summed E-state index contributed by atoms with van der Waals surface area (Å²) in [6.45, 7) is 7.23. The van der Waals surface area contributed by atoms with Gasteiger partial charge < -0.3 is 0 Å². The van der Waals surface area contributed by atoms with Crippen molar-refractivity contribution >= 4 is 0 Å². The zero-order valence-corrected chi connectivity index (χ0v) is 7.35. The molecular formula is C10H18. The highest BCUT2D eigenvalue weighted by atomic mass is 14.7. The van der Waals surface area contributed by atoms with Gasteiger partial charge in [-0.25, -0.2) is 0 Å². The van der Waals surface area contributed by atoms with Crippen molar-refractivity contribution in [2.45, 2.75) is 40.0 Å². The van der Waals surface area contributed by atoms with Crippen LogP contribution in [-0.2, 0) is 0 Å². The summed E-state index contributed by atoms with van der Waals surface area (Å²) >= 11 is 0. The third kappa shape index (κ3) is 0.627. The molecule has 0 heteroatoms. The molecule has 0 aromatic heterocycles. The van der Waals surface area contributed by atoms with Gasteiger partial charge in [0, 0.05) is 0 Å². The van der Waals surface area contributed by atoms with Gasteiger partial charge in [0.1, 0.15) is 0 Å². The van der Waals surface area contributed by atoms with Gasteiger partial charge in [0.2, 0.25) is 0 Å². The van der Waals surface area contributed by atoms with Gasteiger partial charge in [-0.05, 0) is 42.4 Å². The van der Waals surface area contributed by atoms with E-state index in [-0.39, 0.29) is 0 Å². The largest absolute Gasteiger partial charge is 0.0622 e. The second kappa shape index (κ2) is 1.78. The van der Waals surface area contributed by atoms with E-state index in [1.54, 1.807) is 6.42 Å². The monoisotopic (exact) mass is 138 g/mol. The van der Waals surface area contributed by atoms with Crippen LogP contribution in [0, 0.1) is 23.2 Å². The maximum atomic E-state index is 2.43. The van der Waals surface area contributed by atoms with Gasteiger partial charge in [0.25, 0.3) is 0 Å². The van der Waals surface area contributed by atoms with Crippen molar-refractivity contribution in [3.63, 3.8) is 0 Å². The predicted octanol–water partition coefficient (Wildman–Crippen LogP) is 3.08. The molecule has 0 spiro atoms. The van der Waals surface area contributed by atoms with Crippen molar-refractivity contribution in [2.75, 3.05) is 0 Å². The van der Waals surface area contributed by atoms with Gasteiger partial charge in [-0.1, -0.05) is 20.8 Å². The molecule has 2 fully saturated rings. The highest BCUT2D eigenvalue weighted by Crippen LogP contribution is 2.69. The SMILES string of the molecule is CC(C)[C@@]12CC[C@@H](C)C1C2. The van der Waals surface area contributed by atoms with Crippen LogP contribution in [0.2, 0.25) is 0 Å². The molecule has 0 bridgehead atoms. The van der Waals surface area contributed by atoms with E-state index >= 15 is 0 Å². The van der Waals surface area contributed by atoms with E-state index in [2.05, 4.69) is 20.8 Å². The standard InChI is InChI=1S/C10H18/c1-7(2)10-5-4-8(3)9(10)6-10/h7-9H,4-6H2,1-3H3/t8-,9?,10+/m1/s1. The van der Waals surface area contributed by atoms with Gasteiger partial charge in [0.05, 0.1) is 0 Å². The van der Waals surface area contributed by atoms with Crippen molar-refractivity contribution in [3.8, 4) is 0 Å². The van der Waals surface area contributed by atoms with Gasteiger partial charge in [0.15, 0.2) is 0 Å². The fourth-order valence-corrected chi connectivity index (χ4v) is 3.06. The highest BCUT2D eigenvalue weighted by Gasteiger charge is 2.61. The van der Waals surface area contributed by atoms with Crippen LogP contribution >= 0.6 is 0 Å². The van der Waals surface area contributed by atoms with Gasteiger partial charge >= 0.3 is 0 Å². The van der Waals surface area contributed by atoms with E-state index in [0.29, 0.717) is 0 Å². The van der Waals surface area contributed by atoms with Crippen LogP contribution in [0.5, 0.6) is 0 Å². The van der Waals surface area contributed by atoms with Gasteiger partial charge in [-0.2, -0.15) is 0 Å². The number of hydrogen-bond acceptors (Lipinski definition) is 0. The van der Waals surface area contributed by atoms with Crippen molar-refractivity contribution in [2.24, 2.45) is 23.2 Å². The lowest BCUT2D eigenvalue weighted by atomic mass is 9.90. The minimum atomic E-state index is 0.833. The van der Waals surface area contributed by atoms with E-state index in [9.17, 15) is 0 Å². The maximum Gasteiger partial charge on any atom is -0.0240 e. The number of hydrogen-bond donors (Lipinski definition) is 0. The lowest BCUT2D eigenvalue weighted by molar-refractivity contribution is 0.342. The molecule has 2 saturated carbocycles. The third-order valence-corrected chi connectivity index (χ3v) is 4.08. The lowest BCUT2D eigenvalue weighted by Crippen LogP contribution is -2.07. The Kier molecular flexibility index (Phi) is 1.19. The molecule has 2 aliphatic rings. The van der Waals surface area contributed by atoms with E-state index in [0.717, 1.165) is 23.2 Å². The van der Waals surface area contributed by atoms with E-state index in [1.165, 1.54) is 12.8 Å². The van der Waals surface area contributed by atoms with Crippen molar-refractivity contribution in [3.05, 3.63) is 0 Å². The average molecular weight is 138 g/mol. The second-order valence-corrected chi connectivity index (χ2v) is 4.71. The van der Waals surface area contributed by atoms with E-state index in [1.807, 2.05) is 0 Å². The zero-order valence-electron chi connectivity index (χ0n) is 7.35. The van der Waals surface area contributed by atoms with Crippen LogP contribution in [0.3, 0.4) is 0 Å². The molecule has 3 atom stereocenters. The smallest absolute Gasteiger partial charge is 0.0240 e. The highest BCUT2D eigenvalue weighted by molar-refractivity contribution is 5.10. The predicted molar refractivity (Wildman–Crippen MR) is 43.8 cm³/mol. The molecule has 0 radical (unpaired) electrons. The minimum absolute atomic E-state index is 0.833. The molecule has 2 aliphatic carbocycles.